The Morgan fingerprint density at radius 1 is 1.41 bits per heavy atom. The zero-order valence-corrected chi connectivity index (χ0v) is 11.8. The number of hydrogen-bond donors (Lipinski definition) is 1. The third-order valence-corrected chi connectivity index (χ3v) is 4.46. The van der Waals surface area contributed by atoms with Gasteiger partial charge in [0.25, 0.3) is 0 Å². The lowest BCUT2D eigenvalue weighted by molar-refractivity contribution is -0.0457. The van der Waals surface area contributed by atoms with Crippen LogP contribution in [0.25, 0.3) is 0 Å². The molecule has 96 valence electrons. The summed E-state index contributed by atoms with van der Waals surface area (Å²) in [6.07, 6.45) is 2.91. The molecule has 0 saturated carbocycles. The summed E-state index contributed by atoms with van der Waals surface area (Å²) in [5.41, 5.74) is 0. The van der Waals surface area contributed by atoms with Crippen molar-refractivity contribution in [3.05, 3.63) is 21.9 Å². The molecule has 2 atom stereocenters. The molecule has 2 unspecified atom stereocenters. The highest BCUT2D eigenvalue weighted by atomic mass is 32.1. The van der Waals surface area contributed by atoms with Crippen molar-refractivity contribution in [3.63, 3.8) is 0 Å². The van der Waals surface area contributed by atoms with E-state index in [1.807, 2.05) is 11.3 Å². The Morgan fingerprint density at radius 3 is 2.88 bits per heavy atom. The third kappa shape index (κ3) is 3.54. The van der Waals surface area contributed by atoms with Crippen LogP contribution in [0, 0.1) is 5.92 Å². The summed E-state index contributed by atoms with van der Waals surface area (Å²) in [7, 11) is 0. The molecule has 1 saturated heterocycles. The molecular formula is C14H23NOS. The van der Waals surface area contributed by atoms with Gasteiger partial charge in [0.1, 0.15) is 6.10 Å². The van der Waals surface area contributed by atoms with E-state index in [0.717, 1.165) is 25.9 Å². The fourth-order valence-corrected chi connectivity index (χ4v) is 3.28. The maximum absolute atomic E-state index is 6.19. The smallest absolute Gasteiger partial charge is 0.104 e. The number of rotatable bonds is 4. The molecule has 1 N–H and O–H groups in total. The SMILES string of the molecule is CCc1ccc(C2CNCC(CC(C)C)O2)s1. The number of nitrogens with one attached hydrogen (secondary N) is 1. The van der Waals surface area contributed by atoms with E-state index in [2.05, 4.69) is 38.2 Å². The van der Waals surface area contributed by atoms with Gasteiger partial charge in [-0.25, -0.2) is 0 Å². The van der Waals surface area contributed by atoms with E-state index >= 15 is 0 Å². The zero-order chi connectivity index (χ0) is 12.3. The van der Waals surface area contributed by atoms with Gasteiger partial charge in [-0.2, -0.15) is 0 Å². The molecule has 0 bridgehead atoms. The molecule has 0 spiro atoms. The van der Waals surface area contributed by atoms with E-state index in [-0.39, 0.29) is 6.10 Å². The molecule has 2 heterocycles. The Bertz CT molecular complexity index is 348. The minimum Gasteiger partial charge on any atom is -0.367 e. The van der Waals surface area contributed by atoms with E-state index in [4.69, 9.17) is 4.74 Å². The first kappa shape index (κ1) is 13.1. The summed E-state index contributed by atoms with van der Waals surface area (Å²) in [6, 6.07) is 4.46. The van der Waals surface area contributed by atoms with E-state index in [0.29, 0.717) is 12.0 Å². The maximum Gasteiger partial charge on any atom is 0.104 e. The molecule has 0 amide bonds. The Morgan fingerprint density at radius 2 is 2.24 bits per heavy atom. The second-order valence-electron chi connectivity index (χ2n) is 5.19. The standard InChI is InChI=1S/C14H23NOS/c1-4-12-5-6-14(17-12)13-9-15-8-11(16-13)7-10(2)3/h5-6,10-11,13,15H,4,7-9H2,1-3H3. The number of hydrogen-bond acceptors (Lipinski definition) is 3. The van der Waals surface area contributed by atoms with Crippen LogP contribution in [0.3, 0.4) is 0 Å². The summed E-state index contributed by atoms with van der Waals surface area (Å²) in [6.45, 7) is 8.68. The lowest BCUT2D eigenvalue weighted by Gasteiger charge is -2.31. The molecular weight excluding hydrogens is 230 g/mol. The van der Waals surface area contributed by atoms with Gasteiger partial charge in [-0.15, -0.1) is 11.3 Å². The molecule has 1 aromatic heterocycles. The largest absolute Gasteiger partial charge is 0.367 e. The average Bonchev–Trinajstić information content (AvgIpc) is 2.77. The van der Waals surface area contributed by atoms with Crippen molar-refractivity contribution in [1.29, 1.82) is 0 Å². The molecule has 3 heteroatoms. The van der Waals surface area contributed by atoms with Crippen molar-refractivity contribution >= 4 is 11.3 Å². The number of aryl methyl sites for hydroxylation is 1. The van der Waals surface area contributed by atoms with E-state index < -0.39 is 0 Å². The molecule has 0 aromatic carbocycles. The Labute approximate surface area is 108 Å². The van der Waals surface area contributed by atoms with Gasteiger partial charge in [-0.05, 0) is 30.9 Å². The zero-order valence-electron chi connectivity index (χ0n) is 11.0. The van der Waals surface area contributed by atoms with Crippen LogP contribution in [0.4, 0.5) is 0 Å². The van der Waals surface area contributed by atoms with Crippen molar-refractivity contribution in [3.8, 4) is 0 Å². The molecule has 1 aliphatic heterocycles. The molecule has 1 aliphatic rings. The van der Waals surface area contributed by atoms with Crippen LogP contribution < -0.4 is 5.32 Å². The van der Waals surface area contributed by atoms with E-state index in [1.54, 1.807) is 0 Å². The topological polar surface area (TPSA) is 21.3 Å². The molecule has 0 aliphatic carbocycles. The van der Waals surface area contributed by atoms with Gasteiger partial charge in [0.2, 0.25) is 0 Å². The number of thiophene rings is 1. The van der Waals surface area contributed by atoms with Gasteiger partial charge in [0.15, 0.2) is 0 Å². The molecule has 2 rings (SSSR count). The van der Waals surface area contributed by atoms with Gasteiger partial charge >= 0.3 is 0 Å². The quantitative estimate of drug-likeness (QED) is 0.888. The molecule has 1 fully saturated rings. The molecule has 0 radical (unpaired) electrons. The van der Waals surface area contributed by atoms with E-state index in [1.165, 1.54) is 9.75 Å². The first-order valence-electron chi connectivity index (χ1n) is 6.63. The van der Waals surface area contributed by atoms with Gasteiger partial charge in [0, 0.05) is 22.8 Å². The first-order valence-corrected chi connectivity index (χ1v) is 7.45. The van der Waals surface area contributed by atoms with Crippen LogP contribution in [-0.2, 0) is 11.2 Å². The Hall–Kier alpha value is -0.380. The van der Waals surface area contributed by atoms with Crippen molar-refractivity contribution in [2.75, 3.05) is 13.1 Å². The summed E-state index contributed by atoms with van der Waals surface area (Å²) < 4.78 is 6.19. The van der Waals surface area contributed by atoms with Crippen LogP contribution >= 0.6 is 11.3 Å². The summed E-state index contributed by atoms with van der Waals surface area (Å²) in [4.78, 5) is 2.83. The summed E-state index contributed by atoms with van der Waals surface area (Å²) >= 11 is 1.90. The van der Waals surface area contributed by atoms with Crippen molar-refractivity contribution in [1.82, 2.24) is 5.32 Å². The fraction of sp³-hybridized carbons (Fsp3) is 0.714. The van der Waals surface area contributed by atoms with Gasteiger partial charge in [-0.1, -0.05) is 20.8 Å². The highest BCUT2D eigenvalue weighted by Crippen LogP contribution is 2.29. The highest BCUT2D eigenvalue weighted by Gasteiger charge is 2.24. The van der Waals surface area contributed by atoms with Crippen molar-refractivity contribution in [2.24, 2.45) is 5.92 Å². The van der Waals surface area contributed by atoms with Crippen LogP contribution in [0.1, 0.15) is 43.1 Å². The third-order valence-electron chi connectivity index (χ3n) is 3.14. The lowest BCUT2D eigenvalue weighted by Crippen LogP contribution is -2.40. The minimum absolute atomic E-state index is 0.262. The van der Waals surface area contributed by atoms with Crippen LogP contribution in [0.2, 0.25) is 0 Å². The maximum atomic E-state index is 6.19. The predicted octanol–water partition coefficient (Wildman–Crippen LogP) is 3.39. The van der Waals surface area contributed by atoms with Crippen molar-refractivity contribution in [2.45, 2.75) is 45.8 Å². The van der Waals surface area contributed by atoms with Gasteiger partial charge < -0.3 is 10.1 Å². The van der Waals surface area contributed by atoms with E-state index in [9.17, 15) is 0 Å². The Kier molecular flexibility index (Phi) is 4.60. The summed E-state index contributed by atoms with van der Waals surface area (Å²) in [5.74, 6) is 0.704. The monoisotopic (exact) mass is 253 g/mol. The van der Waals surface area contributed by atoms with Gasteiger partial charge in [0.05, 0.1) is 6.10 Å². The fourth-order valence-electron chi connectivity index (χ4n) is 2.29. The Balaban J connectivity index is 1.96. The second-order valence-corrected chi connectivity index (χ2v) is 6.39. The molecule has 2 nitrogen and oxygen atoms in total. The van der Waals surface area contributed by atoms with Crippen LogP contribution in [-0.4, -0.2) is 19.2 Å². The van der Waals surface area contributed by atoms with Gasteiger partial charge in [-0.3, -0.25) is 0 Å². The number of morpholine rings is 1. The molecule has 1 aromatic rings. The van der Waals surface area contributed by atoms with Crippen LogP contribution in [0.15, 0.2) is 12.1 Å². The molecule has 17 heavy (non-hydrogen) atoms. The second kappa shape index (κ2) is 5.98. The average molecular weight is 253 g/mol. The number of ether oxygens (including phenoxy) is 1. The van der Waals surface area contributed by atoms with Crippen LogP contribution in [0.5, 0.6) is 0 Å². The lowest BCUT2D eigenvalue weighted by atomic mass is 10.0. The predicted molar refractivity (Wildman–Crippen MR) is 73.6 cm³/mol. The summed E-state index contributed by atoms with van der Waals surface area (Å²) in [5, 5.41) is 3.50. The first-order chi connectivity index (χ1) is 8.19. The van der Waals surface area contributed by atoms with Crippen molar-refractivity contribution < 1.29 is 4.74 Å². The normalized spacial score (nSPS) is 25.4. The highest BCUT2D eigenvalue weighted by molar-refractivity contribution is 7.12. The minimum atomic E-state index is 0.262.